The van der Waals surface area contributed by atoms with Crippen molar-refractivity contribution in [3.05, 3.63) is 0 Å². The number of nitriles is 1. The maximum absolute atomic E-state index is 8.54. The van der Waals surface area contributed by atoms with Crippen LogP contribution in [0.5, 0.6) is 0 Å². The standard InChI is InChI=1S/C6H9N3/c1-5-4-8-9(2)6(5)3-7/h4-6H,1-2H3. The second-order valence-corrected chi connectivity index (χ2v) is 2.27. The molecule has 0 spiro atoms. The molecular formula is C6H9N3. The van der Waals surface area contributed by atoms with Crippen LogP contribution in [0.2, 0.25) is 0 Å². The van der Waals surface area contributed by atoms with Crippen molar-refractivity contribution in [1.82, 2.24) is 5.01 Å². The third-order valence-electron chi connectivity index (χ3n) is 1.52. The third kappa shape index (κ3) is 0.879. The van der Waals surface area contributed by atoms with Gasteiger partial charge in [-0.15, -0.1) is 0 Å². The van der Waals surface area contributed by atoms with Crippen LogP contribution in [0.1, 0.15) is 6.92 Å². The minimum Gasteiger partial charge on any atom is -0.283 e. The zero-order chi connectivity index (χ0) is 6.85. The molecule has 0 aromatic carbocycles. The van der Waals surface area contributed by atoms with Gasteiger partial charge in [0, 0.05) is 19.2 Å². The van der Waals surface area contributed by atoms with Crippen LogP contribution >= 0.6 is 0 Å². The Kier molecular flexibility index (Phi) is 1.39. The highest BCUT2D eigenvalue weighted by atomic mass is 15.5. The molecule has 0 radical (unpaired) electrons. The van der Waals surface area contributed by atoms with Crippen LogP contribution in [0.15, 0.2) is 5.10 Å². The summed E-state index contributed by atoms with van der Waals surface area (Å²) in [6.45, 7) is 1.99. The smallest absolute Gasteiger partial charge is 0.140 e. The minimum atomic E-state index is -0.0509. The molecule has 0 saturated heterocycles. The lowest BCUT2D eigenvalue weighted by Gasteiger charge is -2.13. The van der Waals surface area contributed by atoms with Crippen LogP contribution in [-0.4, -0.2) is 24.3 Å². The molecule has 0 amide bonds. The molecule has 0 aliphatic carbocycles. The Morgan fingerprint density at radius 3 is 2.67 bits per heavy atom. The summed E-state index contributed by atoms with van der Waals surface area (Å²) in [5.74, 6) is 0.278. The van der Waals surface area contributed by atoms with Gasteiger partial charge in [0.15, 0.2) is 0 Å². The van der Waals surface area contributed by atoms with Crippen molar-refractivity contribution in [2.24, 2.45) is 11.0 Å². The fourth-order valence-electron chi connectivity index (χ4n) is 0.905. The van der Waals surface area contributed by atoms with Gasteiger partial charge in [-0.25, -0.2) is 0 Å². The van der Waals surface area contributed by atoms with Gasteiger partial charge in [0.25, 0.3) is 0 Å². The fourth-order valence-corrected chi connectivity index (χ4v) is 0.905. The maximum Gasteiger partial charge on any atom is 0.140 e. The SMILES string of the molecule is CC1C=NN(C)C1C#N. The van der Waals surface area contributed by atoms with Crippen LogP contribution in [-0.2, 0) is 0 Å². The van der Waals surface area contributed by atoms with E-state index >= 15 is 0 Å². The molecule has 2 atom stereocenters. The van der Waals surface area contributed by atoms with Crippen molar-refractivity contribution in [3.63, 3.8) is 0 Å². The number of hydrazone groups is 1. The number of nitrogens with zero attached hydrogens (tertiary/aromatic N) is 3. The Hall–Kier alpha value is -1.04. The molecule has 0 N–H and O–H groups in total. The normalized spacial score (nSPS) is 32.8. The maximum atomic E-state index is 8.54. The minimum absolute atomic E-state index is 0.0509. The predicted octanol–water partition coefficient (Wildman–Crippen LogP) is 0.446. The third-order valence-corrected chi connectivity index (χ3v) is 1.52. The largest absolute Gasteiger partial charge is 0.283 e. The van der Waals surface area contributed by atoms with E-state index in [0.29, 0.717) is 0 Å². The topological polar surface area (TPSA) is 39.4 Å². The van der Waals surface area contributed by atoms with Crippen molar-refractivity contribution in [2.45, 2.75) is 13.0 Å². The first kappa shape index (κ1) is 6.09. The summed E-state index contributed by atoms with van der Waals surface area (Å²) in [7, 11) is 1.81. The average Bonchev–Trinajstić information content (AvgIpc) is 2.12. The molecule has 1 aliphatic rings. The van der Waals surface area contributed by atoms with Crippen molar-refractivity contribution >= 4 is 6.21 Å². The van der Waals surface area contributed by atoms with E-state index in [-0.39, 0.29) is 12.0 Å². The average molecular weight is 123 g/mol. The highest BCUT2D eigenvalue weighted by Gasteiger charge is 2.23. The first-order valence-corrected chi connectivity index (χ1v) is 2.92. The molecule has 9 heavy (non-hydrogen) atoms. The summed E-state index contributed by atoms with van der Waals surface area (Å²) >= 11 is 0. The Morgan fingerprint density at radius 1 is 1.78 bits per heavy atom. The lowest BCUT2D eigenvalue weighted by atomic mass is 10.1. The van der Waals surface area contributed by atoms with Crippen molar-refractivity contribution < 1.29 is 0 Å². The van der Waals surface area contributed by atoms with Crippen LogP contribution in [0, 0.1) is 17.2 Å². The lowest BCUT2D eigenvalue weighted by Crippen LogP contribution is -2.25. The van der Waals surface area contributed by atoms with E-state index in [1.54, 1.807) is 11.2 Å². The summed E-state index contributed by atoms with van der Waals surface area (Å²) in [6, 6.07) is 2.11. The Morgan fingerprint density at radius 2 is 2.44 bits per heavy atom. The van der Waals surface area contributed by atoms with Gasteiger partial charge in [-0.2, -0.15) is 10.4 Å². The molecule has 1 aliphatic heterocycles. The number of hydrogen-bond acceptors (Lipinski definition) is 3. The van der Waals surface area contributed by atoms with Crippen molar-refractivity contribution in [3.8, 4) is 6.07 Å². The van der Waals surface area contributed by atoms with E-state index in [4.69, 9.17) is 5.26 Å². The summed E-state index contributed by atoms with van der Waals surface area (Å²) in [5.41, 5.74) is 0. The number of hydrogen-bond donors (Lipinski definition) is 0. The van der Waals surface area contributed by atoms with Gasteiger partial charge in [0.2, 0.25) is 0 Å². The highest BCUT2D eigenvalue weighted by Crippen LogP contribution is 2.12. The molecule has 0 aromatic rings. The Labute approximate surface area is 54.6 Å². The highest BCUT2D eigenvalue weighted by molar-refractivity contribution is 5.63. The van der Waals surface area contributed by atoms with Crippen molar-refractivity contribution in [2.75, 3.05) is 7.05 Å². The Balaban J connectivity index is 2.66. The molecule has 0 bridgehead atoms. The van der Waals surface area contributed by atoms with Gasteiger partial charge in [-0.3, -0.25) is 5.01 Å². The molecule has 1 heterocycles. The van der Waals surface area contributed by atoms with Crippen LogP contribution in [0.25, 0.3) is 0 Å². The first-order chi connectivity index (χ1) is 4.25. The Bertz CT molecular complexity index is 156. The summed E-state index contributed by atoms with van der Waals surface area (Å²) < 4.78 is 0. The zero-order valence-corrected chi connectivity index (χ0v) is 5.57. The van der Waals surface area contributed by atoms with Gasteiger partial charge in [-0.05, 0) is 0 Å². The van der Waals surface area contributed by atoms with Crippen LogP contribution in [0.3, 0.4) is 0 Å². The van der Waals surface area contributed by atoms with E-state index < -0.39 is 0 Å². The molecule has 0 saturated carbocycles. The van der Waals surface area contributed by atoms with Crippen molar-refractivity contribution in [1.29, 1.82) is 5.26 Å². The van der Waals surface area contributed by atoms with E-state index in [1.165, 1.54) is 0 Å². The predicted molar refractivity (Wildman–Crippen MR) is 34.8 cm³/mol. The quantitative estimate of drug-likeness (QED) is 0.469. The van der Waals surface area contributed by atoms with Gasteiger partial charge < -0.3 is 0 Å². The van der Waals surface area contributed by atoms with E-state index in [0.717, 1.165) is 0 Å². The first-order valence-electron chi connectivity index (χ1n) is 2.92. The summed E-state index contributed by atoms with van der Waals surface area (Å²) in [6.07, 6.45) is 1.80. The van der Waals surface area contributed by atoms with Gasteiger partial charge in [-0.1, -0.05) is 6.92 Å². The van der Waals surface area contributed by atoms with Gasteiger partial charge >= 0.3 is 0 Å². The summed E-state index contributed by atoms with van der Waals surface area (Å²) in [4.78, 5) is 0. The number of rotatable bonds is 0. The molecule has 48 valence electrons. The summed E-state index contributed by atoms with van der Waals surface area (Å²) in [5, 5.41) is 14.2. The molecular weight excluding hydrogens is 114 g/mol. The van der Waals surface area contributed by atoms with E-state index in [2.05, 4.69) is 11.2 Å². The molecule has 0 fully saturated rings. The van der Waals surface area contributed by atoms with E-state index in [9.17, 15) is 0 Å². The second kappa shape index (κ2) is 2.06. The fraction of sp³-hybridized carbons (Fsp3) is 0.667. The molecule has 1 rings (SSSR count). The molecule has 3 heteroatoms. The van der Waals surface area contributed by atoms with E-state index in [1.807, 2.05) is 14.0 Å². The van der Waals surface area contributed by atoms with Gasteiger partial charge in [0.1, 0.15) is 6.04 Å². The van der Waals surface area contributed by atoms with Gasteiger partial charge in [0.05, 0.1) is 6.07 Å². The van der Waals surface area contributed by atoms with Crippen LogP contribution < -0.4 is 0 Å². The molecule has 0 aromatic heterocycles. The second-order valence-electron chi connectivity index (χ2n) is 2.27. The molecule has 2 unspecified atom stereocenters. The van der Waals surface area contributed by atoms with Crippen LogP contribution in [0.4, 0.5) is 0 Å². The lowest BCUT2D eigenvalue weighted by molar-refractivity contribution is 0.306. The molecule has 3 nitrogen and oxygen atoms in total. The zero-order valence-electron chi connectivity index (χ0n) is 5.57. The monoisotopic (exact) mass is 123 g/mol.